The predicted octanol–water partition coefficient (Wildman–Crippen LogP) is 5.35. The van der Waals surface area contributed by atoms with Crippen LogP contribution in [-0.4, -0.2) is 30.1 Å². The highest BCUT2D eigenvalue weighted by molar-refractivity contribution is 7.09. The Morgan fingerprint density at radius 3 is 2.56 bits per heavy atom. The van der Waals surface area contributed by atoms with Crippen LogP contribution in [0.3, 0.4) is 0 Å². The molecule has 0 aliphatic rings. The highest BCUT2D eigenvalue weighted by atomic mass is 32.1. The largest absolute Gasteiger partial charge is 0.321 e. The normalized spacial score (nSPS) is 13.3. The average Bonchev–Trinajstić information content (AvgIpc) is 3.41. The summed E-state index contributed by atoms with van der Waals surface area (Å²) in [7, 11) is 0. The summed E-state index contributed by atoms with van der Waals surface area (Å²) in [5.41, 5.74) is 3.61. The van der Waals surface area contributed by atoms with Crippen LogP contribution < -0.4 is 5.56 Å². The third-order valence-corrected chi connectivity index (χ3v) is 6.96. The molecule has 8 heteroatoms. The van der Waals surface area contributed by atoms with Crippen molar-refractivity contribution in [1.29, 1.82) is 0 Å². The number of hydrogen-bond acceptors (Lipinski definition) is 6. The Hall–Kier alpha value is -2.84. The first-order chi connectivity index (χ1) is 16.0. The molecule has 1 atom stereocenters. The summed E-state index contributed by atoms with van der Waals surface area (Å²) in [6.45, 7) is 16.0. The third-order valence-electron chi connectivity index (χ3n) is 6.10. The summed E-state index contributed by atoms with van der Waals surface area (Å²) in [6, 6.07) is 10.4. The second-order valence-electron chi connectivity index (χ2n) is 10.5. The van der Waals surface area contributed by atoms with E-state index in [-0.39, 0.29) is 23.1 Å². The lowest BCUT2D eigenvalue weighted by atomic mass is 9.98. The Morgan fingerprint density at radius 1 is 1.15 bits per heavy atom. The molecule has 0 radical (unpaired) electrons. The molecular formula is C26H34N6OS. The molecule has 0 bridgehead atoms. The molecule has 0 aliphatic heterocycles. The van der Waals surface area contributed by atoms with Crippen molar-refractivity contribution in [3.8, 4) is 0 Å². The number of thiophene rings is 1. The van der Waals surface area contributed by atoms with E-state index in [0.29, 0.717) is 13.1 Å². The number of nitrogens with one attached hydrogen (secondary N) is 1. The van der Waals surface area contributed by atoms with Crippen LogP contribution in [0.15, 0.2) is 40.5 Å². The molecule has 4 rings (SSSR count). The first-order valence-electron chi connectivity index (χ1n) is 11.7. The van der Waals surface area contributed by atoms with Crippen LogP contribution in [0.1, 0.15) is 68.1 Å². The number of nitrogens with zero attached hydrogens (tertiary/aromatic N) is 5. The van der Waals surface area contributed by atoms with E-state index in [1.54, 1.807) is 11.3 Å². The molecule has 0 aliphatic carbocycles. The Kier molecular flexibility index (Phi) is 6.73. The van der Waals surface area contributed by atoms with Crippen LogP contribution in [0, 0.1) is 19.8 Å². The maximum absolute atomic E-state index is 13.2. The topological polar surface area (TPSA) is 79.7 Å². The number of tetrazole rings is 1. The highest BCUT2D eigenvalue weighted by Crippen LogP contribution is 2.33. The molecule has 180 valence electrons. The molecular weight excluding hydrogens is 444 g/mol. The van der Waals surface area contributed by atoms with Crippen LogP contribution >= 0.6 is 11.3 Å². The Labute approximate surface area is 204 Å². The van der Waals surface area contributed by atoms with Crippen molar-refractivity contribution in [2.45, 2.75) is 73.1 Å². The van der Waals surface area contributed by atoms with Crippen molar-refractivity contribution in [2.75, 3.05) is 0 Å². The van der Waals surface area contributed by atoms with E-state index in [1.807, 2.05) is 17.7 Å². The van der Waals surface area contributed by atoms with Crippen molar-refractivity contribution in [3.63, 3.8) is 0 Å². The predicted molar refractivity (Wildman–Crippen MR) is 138 cm³/mol. The summed E-state index contributed by atoms with van der Waals surface area (Å²) >= 11 is 1.72. The van der Waals surface area contributed by atoms with E-state index < -0.39 is 0 Å². The Morgan fingerprint density at radius 2 is 1.91 bits per heavy atom. The van der Waals surface area contributed by atoms with Gasteiger partial charge < -0.3 is 4.98 Å². The van der Waals surface area contributed by atoms with Crippen LogP contribution in [0.2, 0.25) is 0 Å². The van der Waals surface area contributed by atoms with Gasteiger partial charge in [-0.3, -0.25) is 9.69 Å². The van der Waals surface area contributed by atoms with E-state index in [4.69, 9.17) is 0 Å². The minimum Gasteiger partial charge on any atom is -0.321 e. The molecule has 0 spiro atoms. The number of aromatic amines is 1. The molecule has 4 aromatic rings. The van der Waals surface area contributed by atoms with Gasteiger partial charge in [0.05, 0.1) is 17.1 Å². The molecule has 0 saturated carbocycles. The van der Waals surface area contributed by atoms with E-state index in [0.717, 1.165) is 27.9 Å². The molecule has 3 heterocycles. The standard InChI is InChI=1S/C26H34N6OS/c1-16(2)23(24-28-29-30-32(24)26(5,6)7)31(15-21-9-8-10-34-21)14-20-13-19-12-17(3)11-18(4)22(19)27-25(20)33/h8-13,16,23H,14-15H2,1-7H3,(H,27,33). The molecule has 0 amide bonds. The fourth-order valence-corrected chi connectivity index (χ4v) is 5.39. The SMILES string of the molecule is Cc1cc(C)c2[nH]c(=O)c(CN(Cc3cccs3)C(c3nnnn3C(C)(C)C)C(C)C)cc2c1. The lowest BCUT2D eigenvalue weighted by Gasteiger charge is -2.35. The molecule has 3 aromatic heterocycles. The summed E-state index contributed by atoms with van der Waals surface area (Å²) in [4.78, 5) is 19.9. The van der Waals surface area contributed by atoms with Gasteiger partial charge in [0, 0.05) is 23.5 Å². The van der Waals surface area contributed by atoms with Gasteiger partial charge in [-0.25, -0.2) is 4.68 Å². The van der Waals surface area contributed by atoms with Gasteiger partial charge in [-0.15, -0.1) is 16.4 Å². The molecule has 34 heavy (non-hydrogen) atoms. The molecule has 0 fully saturated rings. The molecule has 0 saturated heterocycles. The number of aryl methyl sites for hydroxylation is 2. The second-order valence-corrected chi connectivity index (χ2v) is 11.5. The van der Waals surface area contributed by atoms with Gasteiger partial charge in [-0.2, -0.15) is 0 Å². The van der Waals surface area contributed by atoms with Gasteiger partial charge in [0.25, 0.3) is 5.56 Å². The lowest BCUT2D eigenvalue weighted by molar-refractivity contribution is 0.121. The molecule has 1 N–H and O–H groups in total. The number of H-pyrrole nitrogens is 1. The smallest absolute Gasteiger partial charge is 0.252 e. The maximum atomic E-state index is 13.2. The summed E-state index contributed by atoms with van der Waals surface area (Å²) in [5.74, 6) is 1.05. The van der Waals surface area contributed by atoms with E-state index in [2.05, 4.69) is 96.6 Å². The van der Waals surface area contributed by atoms with Crippen molar-refractivity contribution in [1.82, 2.24) is 30.1 Å². The number of benzene rings is 1. The fraction of sp³-hybridized carbons (Fsp3) is 0.462. The van der Waals surface area contributed by atoms with Gasteiger partial charge in [-0.05, 0) is 85.5 Å². The van der Waals surface area contributed by atoms with E-state index in [9.17, 15) is 4.79 Å². The maximum Gasteiger partial charge on any atom is 0.252 e. The zero-order valence-electron chi connectivity index (χ0n) is 21.1. The minimum atomic E-state index is -0.254. The van der Waals surface area contributed by atoms with Gasteiger partial charge in [0.15, 0.2) is 5.82 Å². The van der Waals surface area contributed by atoms with Gasteiger partial charge in [-0.1, -0.05) is 31.5 Å². The Balaban J connectivity index is 1.81. The minimum absolute atomic E-state index is 0.0476. The van der Waals surface area contributed by atoms with Crippen molar-refractivity contribution < 1.29 is 0 Å². The monoisotopic (exact) mass is 478 g/mol. The van der Waals surface area contributed by atoms with Crippen molar-refractivity contribution >= 4 is 22.2 Å². The van der Waals surface area contributed by atoms with Gasteiger partial charge in [0.2, 0.25) is 0 Å². The van der Waals surface area contributed by atoms with Crippen LogP contribution in [0.4, 0.5) is 0 Å². The van der Waals surface area contributed by atoms with Crippen molar-refractivity contribution in [2.24, 2.45) is 5.92 Å². The zero-order chi connectivity index (χ0) is 24.6. The van der Waals surface area contributed by atoms with E-state index in [1.165, 1.54) is 10.4 Å². The lowest BCUT2D eigenvalue weighted by Crippen LogP contribution is -2.37. The van der Waals surface area contributed by atoms with E-state index >= 15 is 0 Å². The zero-order valence-corrected chi connectivity index (χ0v) is 21.9. The Bertz CT molecular complexity index is 1330. The second kappa shape index (κ2) is 9.43. The first kappa shape index (κ1) is 24.3. The molecule has 7 nitrogen and oxygen atoms in total. The van der Waals surface area contributed by atoms with Gasteiger partial charge >= 0.3 is 0 Å². The third kappa shape index (κ3) is 4.98. The number of fused-ring (bicyclic) bond motifs is 1. The summed E-state index contributed by atoms with van der Waals surface area (Å²) < 4.78 is 1.91. The number of rotatable bonds is 7. The van der Waals surface area contributed by atoms with Crippen LogP contribution in [0.5, 0.6) is 0 Å². The number of hydrogen-bond donors (Lipinski definition) is 1. The van der Waals surface area contributed by atoms with Gasteiger partial charge in [0.1, 0.15) is 0 Å². The van der Waals surface area contributed by atoms with Crippen LogP contribution in [-0.2, 0) is 18.6 Å². The quantitative estimate of drug-likeness (QED) is 0.387. The number of aromatic nitrogens is 5. The molecule has 1 aromatic carbocycles. The highest BCUT2D eigenvalue weighted by Gasteiger charge is 2.33. The number of pyridine rings is 1. The first-order valence-corrected chi connectivity index (χ1v) is 12.6. The van der Waals surface area contributed by atoms with Crippen LogP contribution in [0.25, 0.3) is 10.9 Å². The summed E-state index contributed by atoms with van der Waals surface area (Å²) in [5, 5.41) is 16.0. The van der Waals surface area contributed by atoms with Crippen molar-refractivity contribution in [3.05, 3.63) is 73.5 Å². The average molecular weight is 479 g/mol. The fourth-order valence-electron chi connectivity index (χ4n) is 4.66. The summed E-state index contributed by atoms with van der Waals surface area (Å²) in [6.07, 6.45) is 0. The molecule has 1 unspecified atom stereocenters.